The molecule has 0 unspecified atom stereocenters. The van der Waals surface area contributed by atoms with Crippen LogP contribution in [0.3, 0.4) is 0 Å². The van der Waals surface area contributed by atoms with Crippen molar-refractivity contribution < 1.29 is 4.92 Å². The molecule has 0 atom stereocenters. The third-order valence-electron chi connectivity index (χ3n) is 23.3. The molecule has 0 spiro atoms. The summed E-state index contributed by atoms with van der Waals surface area (Å²) < 4.78 is 4.19. The second-order valence-corrected chi connectivity index (χ2v) is 34.7. The van der Waals surface area contributed by atoms with Gasteiger partial charge in [-0.25, -0.2) is 19.9 Å². The number of halogens is 4. The summed E-state index contributed by atoms with van der Waals surface area (Å²) in [6.07, 6.45) is 3.96. The van der Waals surface area contributed by atoms with Crippen molar-refractivity contribution >= 4 is 272 Å². The van der Waals surface area contributed by atoms with Crippen LogP contribution in [0.2, 0.25) is 0 Å². The van der Waals surface area contributed by atoms with Crippen molar-refractivity contribution in [2.45, 2.75) is 13.8 Å². The number of anilines is 2. The summed E-state index contributed by atoms with van der Waals surface area (Å²) in [6, 6.07) is 96.5. The van der Waals surface area contributed by atoms with E-state index in [4.69, 9.17) is 32.2 Å². The number of nitrogens with zero attached hydrogens (tertiary/aromatic N) is 5. The lowest BCUT2D eigenvalue weighted by molar-refractivity contribution is -0.383. The highest BCUT2D eigenvalue weighted by Gasteiger charge is 2.25. The highest BCUT2D eigenvalue weighted by atomic mass is 79.9. The molecule has 10 N–H and O–H groups in total. The minimum Gasteiger partial charge on any atom is -0.360 e. The molecule has 22 heteroatoms. The Kier molecular flexibility index (Phi) is 18.5. The molecular formula is C101H65Br4N15O2S. The number of aromatic amines is 8. The molecule has 0 saturated heterocycles. The van der Waals surface area contributed by atoms with Crippen LogP contribution >= 0.6 is 75.9 Å². The SMILES string of the molecule is Brc1ccc2[nH]cc(-c3nc4c5ccccc5c5cc(Br)ccc5c4[nH]3)c2c1.Cc1[nH]c2ccccc2c1-c1nc2c3cc(NC(=S)Nc4ccccc4)ccc3c3ccccc3c2[nH]1.Cc1[nH]c2ccccc2c1-c1nc2c3ccccc3c3cc(Br)ccc3c2[nH]1.O=[N+]([O-])c1cccc2c3nc(-c4c[nH]c5ccc(Br)cc45)[nH]c3c3ccccc3c12. The highest BCUT2D eigenvalue weighted by molar-refractivity contribution is 9.11. The number of H-pyrrole nitrogens is 8. The summed E-state index contributed by atoms with van der Waals surface area (Å²) in [4.78, 5) is 59.6. The molecule has 0 radical (unpaired) electrons. The Balaban J connectivity index is 0.0000000984. The molecule has 0 bridgehead atoms. The molecular weight excluding hydrogens is 1810 g/mol. The molecule has 0 amide bonds. The van der Waals surface area contributed by atoms with E-state index in [9.17, 15) is 10.1 Å². The van der Waals surface area contributed by atoms with Gasteiger partial charge in [-0.1, -0.05) is 246 Å². The Bertz CT molecular complexity index is 8710. The Hall–Kier alpha value is -14.1. The molecule has 123 heavy (non-hydrogen) atoms. The molecule has 17 aromatic carbocycles. The number of aryl methyl sites for hydroxylation is 2. The number of nitro benzene ring substituents is 1. The zero-order chi connectivity index (χ0) is 83.0. The van der Waals surface area contributed by atoms with Gasteiger partial charge in [0.15, 0.2) is 5.11 Å². The van der Waals surface area contributed by atoms with Crippen molar-refractivity contribution in [3.05, 3.63) is 337 Å². The number of nitro groups is 1. The lowest BCUT2D eigenvalue weighted by Crippen LogP contribution is -2.18. The molecule has 25 rings (SSSR count). The fourth-order valence-corrected chi connectivity index (χ4v) is 19.6. The van der Waals surface area contributed by atoms with Crippen LogP contribution in [0.1, 0.15) is 11.4 Å². The summed E-state index contributed by atoms with van der Waals surface area (Å²) in [6.45, 7) is 4.21. The quantitative estimate of drug-likeness (QED) is 0.0315. The number of para-hydroxylation sites is 3. The van der Waals surface area contributed by atoms with Crippen LogP contribution in [0.4, 0.5) is 17.1 Å². The normalized spacial score (nSPS) is 11.8. The van der Waals surface area contributed by atoms with Gasteiger partial charge in [0.05, 0.1) is 54.4 Å². The number of hydrogen-bond donors (Lipinski definition) is 10. The van der Waals surface area contributed by atoms with E-state index in [0.29, 0.717) is 10.5 Å². The van der Waals surface area contributed by atoms with Crippen LogP contribution < -0.4 is 10.6 Å². The average Bonchev–Trinajstić information content (AvgIpc) is 1.64. The molecule has 8 aromatic heterocycles. The molecule has 0 fully saturated rings. The lowest BCUT2D eigenvalue weighted by Gasteiger charge is -2.12. The van der Waals surface area contributed by atoms with E-state index in [0.717, 1.165) is 206 Å². The number of aromatic nitrogens is 12. The average molecular weight is 1870 g/mol. The van der Waals surface area contributed by atoms with Crippen molar-refractivity contribution in [2.24, 2.45) is 0 Å². The van der Waals surface area contributed by atoms with E-state index in [2.05, 4.69) is 316 Å². The van der Waals surface area contributed by atoms with Gasteiger partial charge in [-0.2, -0.15) is 0 Å². The largest absolute Gasteiger partial charge is 0.360 e. The lowest BCUT2D eigenvalue weighted by atomic mass is 9.99. The van der Waals surface area contributed by atoms with Crippen LogP contribution in [0.25, 0.3) is 219 Å². The standard InChI is InChI=1S/C31H23N5S.C24H16BrN3.C23H13Br2N3.C23H13BrN4O2/c1-18-27(24-13-7-8-14-26(24)32-18)30-35-28-23-12-6-5-11-21(23)22-16-15-20(17-25(22)29(28)36-30)34-31(37)33-19-9-3-2-4-10-19;1-13-21(18-8-4-5-9-20(18)26-13)24-27-22-16-7-3-2-6-15(16)19-12-14(25)10-11-17(19)23(22)28-24;24-12-5-7-16-17(9-12)14-3-1-2-4-15(14)21-22(16)28-23(27-21)19-11-26-20-8-6-13(25)10-18(19)20;24-12-8-9-18-16(10-12)17(11-25-18)23-26-21-14-5-2-1-4-13(14)20-15(22(21)27-23)6-3-7-19(20)28(29)30/h2-17,32H,1H3,(H,35,36)(H2,33,34,37);2-12,26H,1H3,(H,27,28);1-11,26H,(H,27,28);1-11,25H,(H,26,27). The van der Waals surface area contributed by atoms with Gasteiger partial charge >= 0.3 is 0 Å². The van der Waals surface area contributed by atoms with Gasteiger partial charge in [0, 0.05) is 168 Å². The molecule has 8 heterocycles. The molecule has 590 valence electrons. The van der Waals surface area contributed by atoms with E-state index >= 15 is 0 Å². The minimum atomic E-state index is -0.328. The van der Waals surface area contributed by atoms with Gasteiger partial charge in [-0.05, 0) is 161 Å². The molecule has 25 aromatic rings. The number of rotatable bonds is 7. The van der Waals surface area contributed by atoms with Gasteiger partial charge in [0.1, 0.15) is 23.3 Å². The van der Waals surface area contributed by atoms with Gasteiger partial charge in [-0.15, -0.1) is 0 Å². The number of imidazole rings is 4. The van der Waals surface area contributed by atoms with Crippen LogP contribution in [0, 0.1) is 24.0 Å². The van der Waals surface area contributed by atoms with Crippen LogP contribution in [-0.2, 0) is 0 Å². The fraction of sp³-hybridized carbons (Fsp3) is 0.0198. The number of non-ortho nitro benzene ring substituents is 1. The van der Waals surface area contributed by atoms with Gasteiger partial charge in [0.2, 0.25) is 0 Å². The second kappa shape index (κ2) is 30.2. The maximum Gasteiger partial charge on any atom is 0.277 e. The number of nitrogens with one attached hydrogen (secondary N) is 10. The predicted molar refractivity (Wildman–Crippen MR) is 527 cm³/mol. The van der Waals surface area contributed by atoms with Crippen molar-refractivity contribution in [1.82, 2.24) is 59.8 Å². The first-order chi connectivity index (χ1) is 60.2. The number of hydrogen-bond acceptors (Lipinski definition) is 7. The number of fused-ring (bicyclic) bond motifs is 28. The fourth-order valence-electron chi connectivity index (χ4n) is 17.9. The zero-order valence-corrected chi connectivity index (χ0v) is 72.4. The summed E-state index contributed by atoms with van der Waals surface area (Å²) in [5.74, 6) is 3.37. The molecule has 17 nitrogen and oxygen atoms in total. The summed E-state index contributed by atoms with van der Waals surface area (Å²) in [5.41, 5.74) is 20.5. The second-order valence-electron chi connectivity index (χ2n) is 30.6. The zero-order valence-electron chi connectivity index (χ0n) is 65.3. The predicted octanol–water partition coefficient (Wildman–Crippen LogP) is 29.5. The first-order valence-electron chi connectivity index (χ1n) is 39.8. The molecule has 0 aliphatic carbocycles. The monoisotopic (exact) mass is 1870 g/mol. The number of thiocarbonyl (C=S) groups is 1. The van der Waals surface area contributed by atoms with Crippen molar-refractivity contribution in [1.29, 1.82) is 0 Å². The Morgan fingerprint density at radius 2 is 0.675 bits per heavy atom. The number of benzene rings is 17. The molecule has 0 aliphatic rings. The summed E-state index contributed by atoms with van der Waals surface area (Å²) in [7, 11) is 0. The van der Waals surface area contributed by atoms with Crippen molar-refractivity contribution in [3.63, 3.8) is 0 Å². The topological polar surface area (TPSA) is 245 Å². The Morgan fingerprint density at radius 3 is 1.18 bits per heavy atom. The maximum atomic E-state index is 11.7. The first-order valence-corrected chi connectivity index (χ1v) is 43.4. The van der Waals surface area contributed by atoms with E-state index < -0.39 is 0 Å². The van der Waals surface area contributed by atoms with Crippen LogP contribution in [0.5, 0.6) is 0 Å². The Labute approximate surface area is 737 Å². The van der Waals surface area contributed by atoms with Crippen molar-refractivity contribution in [3.8, 4) is 45.6 Å². The van der Waals surface area contributed by atoms with Crippen LogP contribution in [0.15, 0.2) is 315 Å². The Morgan fingerprint density at radius 1 is 0.317 bits per heavy atom. The van der Waals surface area contributed by atoms with Gasteiger partial charge in [0.25, 0.3) is 5.69 Å². The third-order valence-corrected chi connectivity index (χ3v) is 25.5. The first kappa shape index (κ1) is 75.1. The van der Waals surface area contributed by atoms with Crippen molar-refractivity contribution in [2.75, 3.05) is 10.6 Å². The smallest absolute Gasteiger partial charge is 0.277 e. The van der Waals surface area contributed by atoms with Gasteiger partial charge in [-0.3, -0.25) is 10.1 Å². The van der Waals surface area contributed by atoms with E-state index in [1.54, 1.807) is 12.1 Å². The minimum absolute atomic E-state index is 0.0891. The molecule has 0 saturated carbocycles. The third kappa shape index (κ3) is 13.0. The van der Waals surface area contributed by atoms with E-state index in [-0.39, 0.29) is 10.6 Å². The summed E-state index contributed by atoms with van der Waals surface area (Å²) >= 11 is 19.9. The van der Waals surface area contributed by atoms with E-state index in [1.807, 2.05) is 97.3 Å². The highest BCUT2D eigenvalue weighted by Crippen LogP contribution is 2.46. The van der Waals surface area contributed by atoms with E-state index in [1.165, 1.54) is 48.5 Å². The summed E-state index contributed by atoms with van der Waals surface area (Å²) in [5, 5.41) is 40.7. The maximum absolute atomic E-state index is 11.7. The molecule has 0 aliphatic heterocycles. The van der Waals surface area contributed by atoms with Crippen LogP contribution in [-0.4, -0.2) is 69.8 Å². The van der Waals surface area contributed by atoms with Gasteiger partial charge < -0.3 is 50.5 Å².